The van der Waals surface area contributed by atoms with Crippen molar-refractivity contribution >= 4 is 23.5 Å². The number of amides is 1. The predicted molar refractivity (Wildman–Crippen MR) is 73.9 cm³/mol. The average molecular weight is 296 g/mol. The molecule has 1 saturated heterocycles. The summed E-state index contributed by atoms with van der Waals surface area (Å²) in [5.74, 6) is 0.152. The minimum absolute atomic E-state index is 0.0246. The van der Waals surface area contributed by atoms with Gasteiger partial charge in [0.1, 0.15) is 6.20 Å². The summed E-state index contributed by atoms with van der Waals surface area (Å²) in [5.41, 5.74) is 5.29. The maximum Gasteiger partial charge on any atom is 0.409 e. The molecule has 2 heterocycles. The zero-order valence-corrected chi connectivity index (χ0v) is 11.6. The van der Waals surface area contributed by atoms with E-state index in [2.05, 4.69) is 9.97 Å². The van der Waals surface area contributed by atoms with E-state index in [1.165, 1.54) is 0 Å². The number of anilines is 2. The molecular weight excluding hydrogens is 280 g/mol. The summed E-state index contributed by atoms with van der Waals surface area (Å²) in [6.45, 7) is 3.68. The highest BCUT2D eigenvalue weighted by Gasteiger charge is 2.28. The van der Waals surface area contributed by atoms with Crippen LogP contribution in [0.15, 0.2) is 6.20 Å². The lowest BCUT2D eigenvalue weighted by Gasteiger charge is -2.34. The van der Waals surface area contributed by atoms with Gasteiger partial charge in [0.05, 0.1) is 11.5 Å². The summed E-state index contributed by atoms with van der Waals surface area (Å²) in [4.78, 5) is 32.9. The molecule has 0 spiro atoms. The number of piperazine rings is 1. The van der Waals surface area contributed by atoms with Crippen LogP contribution in [-0.2, 0) is 4.74 Å². The SMILES string of the molecule is CCOC(=O)N1CCN(c2nc(N)ncc2[N+](=O)[O-])CC1. The second-order valence-corrected chi connectivity index (χ2v) is 4.37. The summed E-state index contributed by atoms with van der Waals surface area (Å²) in [6.07, 6.45) is 0.712. The fourth-order valence-corrected chi connectivity index (χ4v) is 2.06. The number of carbonyl (C=O) groups excluding carboxylic acids is 1. The summed E-state index contributed by atoms with van der Waals surface area (Å²) in [7, 11) is 0. The minimum Gasteiger partial charge on any atom is -0.450 e. The van der Waals surface area contributed by atoms with E-state index in [-0.39, 0.29) is 23.5 Å². The van der Waals surface area contributed by atoms with Gasteiger partial charge in [-0.3, -0.25) is 10.1 Å². The molecule has 0 aromatic carbocycles. The van der Waals surface area contributed by atoms with Crippen molar-refractivity contribution in [1.29, 1.82) is 0 Å². The summed E-state index contributed by atoms with van der Waals surface area (Å²) in [6, 6.07) is 0. The van der Waals surface area contributed by atoms with E-state index in [0.29, 0.717) is 32.8 Å². The topological polar surface area (TPSA) is 128 Å². The van der Waals surface area contributed by atoms with E-state index < -0.39 is 4.92 Å². The number of hydrogen-bond donors (Lipinski definition) is 1. The van der Waals surface area contributed by atoms with Crippen molar-refractivity contribution in [3.05, 3.63) is 16.3 Å². The van der Waals surface area contributed by atoms with Gasteiger partial charge in [-0.2, -0.15) is 4.98 Å². The zero-order valence-electron chi connectivity index (χ0n) is 11.6. The molecule has 1 aromatic rings. The number of ether oxygens (including phenoxy) is 1. The van der Waals surface area contributed by atoms with Gasteiger partial charge in [0, 0.05) is 26.2 Å². The third kappa shape index (κ3) is 3.27. The molecule has 2 rings (SSSR count). The molecule has 1 fully saturated rings. The molecule has 1 aromatic heterocycles. The lowest BCUT2D eigenvalue weighted by Crippen LogP contribution is -2.49. The van der Waals surface area contributed by atoms with E-state index in [4.69, 9.17) is 10.5 Å². The van der Waals surface area contributed by atoms with Crippen molar-refractivity contribution in [2.75, 3.05) is 43.4 Å². The highest BCUT2D eigenvalue weighted by atomic mass is 16.6. The number of hydrogen-bond acceptors (Lipinski definition) is 8. The zero-order chi connectivity index (χ0) is 15.4. The molecule has 0 unspecified atom stereocenters. The Bertz CT molecular complexity index is 544. The van der Waals surface area contributed by atoms with E-state index in [0.717, 1.165) is 6.20 Å². The van der Waals surface area contributed by atoms with E-state index in [1.54, 1.807) is 16.7 Å². The fourth-order valence-electron chi connectivity index (χ4n) is 2.06. The Kier molecular flexibility index (Phi) is 4.36. The van der Waals surface area contributed by atoms with Gasteiger partial charge in [0.2, 0.25) is 11.8 Å². The Labute approximate surface area is 120 Å². The number of nitrogen functional groups attached to an aromatic ring is 1. The number of aromatic nitrogens is 2. The maximum atomic E-state index is 11.6. The first kappa shape index (κ1) is 14.8. The van der Waals surface area contributed by atoms with Crippen LogP contribution in [0.4, 0.5) is 22.2 Å². The van der Waals surface area contributed by atoms with Crippen molar-refractivity contribution in [3.63, 3.8) is 0 Å². The first-order valence-corrected chi connectivity index (χ1v) is 6.46. The molecule has 0 bridgehead atoms. The molecule has 0 atom stereocenters. The monoisotopic (exact) mass is 296 g/mol. The minimum atomic E-state index is -0.549. The van der Waals surface area contributed by atoms with Crippen molar-refractivity contribution < 1.29 is 14.5 Å². The van der Waals surface area contributed by atoms with Gasteiger partial charge in [0.25, 0.3) is 0 Å². The number of rotatable bonds is 3. The predicted octanol–water partition coefficient (Wildman–Crippen LogP) is 0.245. The Balaban J connectivity index is 2.10. The lowest BCUT2D eigenvalue weighted by molar-refractivity contribution is -0.384. The first-order chi connectivity index (χ1) is 10.0. The maximum absolute atomic E-state index is 11.6. The third-order valence-electron chi connectivity index (χ3n) is 3.07. The van der Waals surface area contributed by atoms with Crippen LogP contribution in [0.5, 0.6) is 0 Å². The van der Waals surface area contributed by atoms with Crippen molar-refractivity contribution in [2.24, 2.45) is 0 Å². The summed E-state index contributed by atoms with van der Waals surface area (Å²) >= 11 is 0. The highest BCUT2D eigenvalue weighted by Crippen LogP contribution is 2.26. The average Bonchev–Trinajstić information content (AvgIpc) is 2.47. The Morgan fingerprint density at radius 2 is 2.14 bits per heavy atom. The quantitative estimate of drug-likeness (QED) is 0.620. The molecule has 1 aliphatic rings. The molecule has 114 valence electrons. The van der Waals surface area contributed by atoms with E-state index in [9.17, 15) is 14.9 Å². The normalized spacial score (nSPS) is 14.9. The van der Waals surface area contributed by atoms with Gasteiger partial charge in [-0.1, -0.05) is 0 Å². The number of nitro groups is 1. The number of carbonyl (C=O) groups is 1. The molecule has 0 aliphatic carbocycles. The Hall–Kier alpha value is -2.65. The molecule has 21 heavy (non-hydrogen) atoms. The van der Waals surface area contributed by atoms with Crippen LogP contribution in [0.3, 0.4) is 0 Å². The Morgan fingerprint density at radius 3 is 2.71 bits per heavy atom. The highest BCUT2D eigenvalue weighted by molar-refractivity contribution is 5.68. The van der Waals surface area contributed by atoms with Gasteiger partial charge in [0.15, 0.2) is 0 Å². The first-order valence-electron chi connectivity index (χ1n) is 6.46. The van der Waals surface area contributed by atoms with E-state index >= 15 is 0 Å². The van der Waals surface area contributed by atoms with Crippen LogP contribution < -0.4 is 10.6 Å². The third-order valence-corrected chi connectivity index (χ3v) is 3.07. The molecule has 0 radical (unpaired) electrons. The smallest absolute Gasteiger partial charge is 0.409 e. The van der Waals surface area contributed by atoms with Gasteiger partial charge in [-0.25, -0.2) is 9.78 Å². The standard InChI is InChI=1S/C11H16N6O4/c1-2-21-11(18)16-5-3-15(4-6-16)9-8(17(19)20)7-13-10(12)14-9/h7H,2-6H2,1H3,(H2,12,13,14). The van der Waals surface area contributed by atoms with Crippen LogP contribution in [0.25, 0.3) is 0 Å². The van der Waals surface area contributed by atoms with Gasteiger partial charge in [-0.05, 0) is 6.92 Å². The van der Waals surface area contributed by atoms with Gasteiger partial charge >= 0.3 is 11.8 Å². The summed E-state index contributed by atoms with van der Waals surface area (Å²) in [5, 5.41) is 11.0. The van der Waals surface area contributed by atoms with Crippen molar-refractivity contribution in [1.82, 2.24) is 14.9 Å². The Morgan fingerprint density at radius 1 is 1.48 bits per heavy atom. The molecule has 0 saturated carbocycles. The number of nitrogens with two attached hydrogens (primary N) is 1. The summed E-state index contributed by atoms with van der Waals surface area (Å²) < 4.78 is 4.92. The molecular formula is C11H16N6O4. The van der Waals surface area contributed by atoms with E-state index in [1.807, 2.05) is 0 Å². The van der Waals surface area contributed by atoms with Crippen LogP contribution in [0, 0.1) is 10.1 Å². The largest absolute Gasteiger partial charge is 0.450 e. The molecule has 10 heteroatoms. The van der Waals surface area contributed by atoms with Crippen LogP contribution >= 0.6 is 0 Å². The van der Waals surface area contributed by atoms with Crippen molar-refractivity contribution in [2.45, 2.75) is 6.92 Å². The number of nitrogens with zero attached hydrogens (tertiary/aromatic N) is 5. The second kappa shape index (κ2) is 6.20. The van der Waals surface area contributed by atoms with Gasteiger partial charge in [-0.15, -0.1) is 0 Å². The van der Waals surface area contributed by atoms with Crippen LogP contribution in [-0.4, -0.2) is 58.7 Å². The van der Waals surface area contributed by atoms with Crippen LogP contribution in [0.2, 0.25) is 0 Å². The second-order valence-electron chi connectivity index (χ2n) is 4.37. The van der Waals surface area contributed by atoms with Crippen LogP contribution in [0.1, 0.15) is 6.92 Å². The lowest BCUT2D eigenvalue weighted by atomic mass is 10.3. The van der Waals surface area contributed by atoms with Crippen molar-refractivity contribution in [3.8, 4) is 0 Å². The fraction of sp³-hybridized carbons (Fsp3) is 0.545. The van der Waals surface area contributed by atoms with Gasteiger partial charge < -0.3 is 20.3 Å². The molecule has 2 N–H and O–H groups in total. The molecule has 10 nitrogen and oxygen atoms in total. The molecule has 1 aliphatic heterocycles. The molecule has 1 amide bonds.